The van der Waals surface area contributed by atoms with Gasteiger partial charge < -0.3 is 10.6 Å². The number of carbonyl (C=O) groups excluding carboxylic acids is 1. The number of fused-ring (bicyclic) bond motifs is 1. The van der Waals surface area contributed by atoms with Crippen molar-refractivity contribution in [1.29, 1.82) is 0 Å². The molecular weight excluding hydrogens is 340 g/mol. The minimum absolute atomic E-state index is 0.109. The number of rotatable bonds is 4. The van der Waals surface area contributed by atoms with E-state index in [4.69, 9.17) is 0 Å². The Kier molecular flexibility index (Phi) is 4.89. The van der Waals surface area contributed by atoms with Crippen molar-refractivity contribution in [3.8, 4) is 0 Å². The maximum absolute atomic E-state index is 12.6. The van der Waals surface area contributed by atoms with E-state index in [0.717, 1.165) is 0 Å². The summed E-state index contributed by atoms with van der Waals surface area (Å²) < 4.78 is 27.9. The zero-order valence-corrected chi connectivity index (χ0v) is 15.7. The standard InChI is InChI=1S/C17H26N4O3S/c1-13(22)19-17-11-18-16(14-7-5-4-6-8-14)15(17)9-10-21(12-17)25(23,24)20(2)3/h4-8,15-16,18H,9-12H2,1-3H3,(H,19,22)/t15-,16-,17+/m1/s1. The van der Waals surface area contributed by atoms with Crippen LogP contribution in [-0.2, 0) is 15.0 Å². The van der Waals surface area contributed by atoms with Crippen molar-refractivity contribution < 1.29 is 13.2 Å². The first kappa shape index (κ1) is 18.3. The van der Waals surface area contributed by atoms with E-state index < -0.39 is 15.7 Å². The number of piperidine rings is 1. The van der Waals surface area contributed by atoms with E-state index in [9.17, 15) is 13.2 Å². The zero-order chi connectivity index (χ0) is 18.2. The number of nitrogens with one attached hydrogen (secondary N) is 2. The smallest absolute Gasteiger partial charge is 0.281 e. The number of hydrogen-bond donors (Lipinski definition) is 2. The first-order valence-corrected chi connectivity index (χ1v) is 9.91. The Bertz CT molecular complexity index is 738. The molecule has 2 N–H and O–H groups in total. The molecule has 0 aromatic heterocycles. The quantitative estimate of drug-likeness (QED) is 0.805. The second-order valence-corrected chi connectivity index (χ2v) is 9.27. The van der Waals surface area contributed by atoms with Gasteiger partial charge in [-0.15, -0.1) is 0 Å². The highest BCUT2D eigenvalue weighted by atomic mass is 32.2. The second-order valence-electron chi connectivity index (χ2n) is 7.13. The predicted octanol–water partition coefficient (Wildman–Crippen LogP) is 0.334. The second kappa shape index (κ2) is 6.68. The molecule has 8 heteroatoms. The Morgan fingerprint density at radius 1 is 1.32 bits per heavy atom. The van der Waals surface area contributed by atoms with Crippen LogP contribution in [0.5, 0.6) is 0 Å². The highest BCUT2D eigenvalue weighted by Crippen LogP contribution is 2.42. The van der Waals surface area contributed by atoms with Gasteiger partial charge in [-0.05, 0) is 12.0 Å². The molecule has 3 atom stereocenters. The van der Waals surface area contributed by atoms with Crippen LogP contribution in [0.15, 0.2) is 30.3 Å². The number of amides is 1. The minimum Gasteiger partial charge on any atom is -0.348 e. The van der Waals surface area contributed by atoms with Crippen molar-refractivity contribution in [2.75, 3.05) is 33.7 Å². The summed E-state index contributed by atoms with van der Waals surface area (Å²) in [4.78, 5) is 11.9. The van der Waals surface area contributed by atoms with Crippen LogP contribution in [0, 0.1) is 5.92 Å². The maximum atomic E-state index is 12.6. The van der Waals surface area contributed by atoms with Gasteiger partial charge in [-0.2, -0.15) is 17.0 Å². The monoisotopic (exact) mass is 366 g/mol. The van der Waals surface area contributed by atoms with Crippen molar-refractivity contribution in [1.82, 2.24) is 19.2 Å². The molecule has 3 rings (SSSR count). The maximum Gasteiger partial charge on any atom is 0.281 e. The number of carbonyl (C=O) groups is 1. The normalized spacial score (nSPS) is 30.2. The van der Waals surface area contributed by atoms with Crippen LogP contribution in [-0.4, -0.2) is 62.2 Å². The van der Waals surface area contributed by atoms with Gasteiger partial charge >= 0.3 is 0 Å². The fourth-order valence-corrected chi connectivity index (χ4v) is 5.33. The molecule has 0 aliphatic carbocycles. The molecule has 0 spiro atoms. The molecule has 138 valence electrons. The van der Waals surface area contributed by atoms with E-state index in [2.05, 4.69) is 22.8 Å². The van der Waals surface area contributed by atoms with E-state index in [1.54, 1.807) is 0 Å². The van der Waals surface area contributed by atoms with Gasteiger partial charge in [-0.3, -0.25) is 4.79 Å². The number of benzene rings is 1. The SMILES string of the molecule is CC(=O)N[C@]12CN[C@H](c3ccccc3)[C@H]1CCN(S(=O)(=O)N(C)C)C2. The van der Waals surface area contributed by atoms with E-state index in [0.29, 0.717) is 19.5 Å². The fourth-order valence-electron chi connectivity index (χ4n) is 4.14. The van der Waals surface area contributed by atoms with Crippen molar-refractivity contribution in [2.24, 2.45) is 5.92 Å². The Hall–Kier alpha value is -1.48. The summed E-state index contributed by atoms with van der Waals surface area (Å²) in [5, 5.41) is 6.58. The number of nitrogens with zero attached hydrogens (tertiary/aromatic N) is 2. The van der Waals surface area contributed by atoms with E-state index in [1.807, 2.05) is 18.2 Å². The van der Waals surface area contributed by atoms with Crippen LogP contribution >= 0.6 is 0 Å². The zero-order valence-electron chi connectivity index (χ0n) is 14.9. The van der Waals surface area contributed by atoms with Gasteiger partial charge in [0.1, 0.15) is 0 Å². The Morgan fingerprint density at radius 3 is 2.60 bits per heavy atom. The Labute approximate surface area is 149 Å². The van der Waals surface area contributed by atoms with Crippen LogP contribution in [0.1, 0.15) is 24.9 Å². The van der Waals surface area contributed by atoms with Crippen LogP contribution < -0.4 is 10.6 Å². The molecule has 0 saturated carbocycles. The average Bonchev–Trinajstić information content (AvgIpc) is 2.92. The Morgan fingerprint density at radius 2 is 2.00 bits per heavy atom. The average molecular weight is 366 g/mol. The third-order valence-electron chi connectivity index (χ3n) is 5.27. The summed E-state index contributed by atoms with van der Waals surface area (Å²) in [6.45, 7) is 2.78. The topological polar surface area (TPSA) is 81.8 Å². The summed E-state index contributed by atoms with van der Waals surface area (Å²) in [6, 6.07) is 10.2. The van der Waals surface area contributed by atoms with Crippen LogP contribution in [0.4, 0.5) is 0 Å². The summed E-state index contributed by atoms with van der Waals surface area (Å²) in [5.41, 5.74) is 0.580. The summed E-state index contributed by atoms with van der Waals surface area (Å²) in [6.07, 6.45) is 0.694. The molecule has 0 bridgehead atoms. The van der Waals surface area contributed by atoms with Crippen molar-refractivity contribution in [2.45, 2.75) is 24.9 Å². The molecule has 1 aromatic carbocycles. The number of hydrogen-bond acceptors (Lipinski definition) is 4. The molecule has 2 saturated heterocycles. The third kappa shape index (κ3) is 3.31. The van der Waals surface area contributed by atoms with Gasteiger partial charge in [0.2, 0.25) is 5.91 Å². The van der Waals surface area contributed by atoms with Gasteiger partial charge in [0.05, 0.1) is 5.54 Å². The molecular formula is C17H26N4O3S. The molecule has 2 heterocycles. The summed E-state index contributed by atoms with van der Waals surface area (Å²) >= 11 is 0. The molecule has 2 fully saturated rings. The minimum atomic E-state index is -3.51. The summed E-state index contributed by atoms with van der Waals surface area (Å²) in [5.74, 6) is 0.0111. The largest absolute Gasteiger partial charge is 0.348 e. The highest BCUT2D eigenvalue weighted by molar-refractivity contribution is 7.86. The molecule has 0 radical (unpaired) electrons. The molecule has 7 nitrogen and oxygen atoms in total. The lowest BCUT2D eigenvalue weighted by Crippen LogP contribution is -2.65. The third-order valence-corrected chi connectivity index (χ3v) is 7.16. The van der Waals surface area contributed by atoms with Crippen molar-refractivity contribution in [3.63, 3.8) is 0 Å². The molecule has 2 aliphatic rings. The molecule has 0 unspecified atom stereocenters. The predicted molar refractivity (Wildman–Crippen MR) is 96.0 cm³/mol. The first-order chi connectivity index (χ1) is 11.8. The lowest BCUT2D eigenvalue weighted by atomic mass is 9.76. The van der Waals surface area contributed by atoms with E-state index >= 15 is 0 Å². The molecule has 1 amide bonds. The van der Waals surface area contributed by atoms with Crippen molar-refractivity contribution >= 4 is 16.1 Å². The fraction of sp³-hybridized carbons (Fsp3) is 0.588. The lowest BCUT2D eigenvalue weighted by molar-refractivity contribution is -0.121. The highest BCUT2D eigenvalue weighted by Gasteiger charge is 2.54. The van der Waals surface area contributed by atoms with E-state index in [1.165, 1.54) is 35.2 Å². The van der Waals surface area contributed by atoms with E-state index in [-0.39, 0.29) is 24.4 Å². The first-order valence-electron chi connectivity index (χ1n) is 8.51. The van der Waals surface area contributed by atoms with Crippen LogP contribution in [0.3, 0.4) is 0 Å². The Balaban J connectivity index is 1.92. The van der Waals surface area contributed by atoms with Crippen LogP contribution in [0.25, 0.3) is 0 Å². The van der Waals surface area contributed by atoms with Gasteiger partial charge in [-0.1, -0.05) is 30.3 Å². The van der Waals surface area contributed by atoms with Gasteiger partial charge in [0, 0.05) is 52.6 Å². The summed E-state index contributed by atoms with van der Waals surface area (Å²) in [7, 11) is -0.439. The van der Waals surface area contributed by atoms with Crippen molar-refractivity contribution in [3.05, 3.63) is 35.9 Å². The van der Waals surface area contributed by atoms with Gasteiger partial charge in [0.15, 0.2) is 0 Å². The van der Waals surface area contributed by atoms with Gasteiger partial charge in [-0.25, -0.2) is 0 Å². The lowest BCUT2D eigenvalue weighted by Gasteiger charge is -2.45. The molecule has 1 aromatic rings. The molecule has 2 aliphatic heterocycles. The van der Waals surface area contributed by atoms with Crippen LogP contribution in [0.2, 0.25) is 0 Å². The van der Waals surface area contributed by atoms with Gasteiger partial charge in [0.25, 0.3) is 10.2 Å². The molecule has 25 heavy (non-hydrogen) atoms.